The summed E-state index contributed by atoms with van der Waals surface area (Å²) in [5.41, 5.74) is 11.3. The first-order valence-corrected chi connectivity index (χ1v) is 5.82. The summed E-state index contributed by atoms with van der Waals surface area (Å²) in [7, 11) is 1.70. The predicted molar refractivity (Wildman–Crippen MR) is 64.5 cm³/mol. The Morgan fingerprint density at radius 1 is 1.47 bits per heavy atom. The Balaban J connectivity index is 1.93. The fraction of sp³-hybridized carbons (Fsp3) is 0.636. The van der Waals surface area contributed by atoms with E-state index in [2.05, 4.69) is 16.0 Å². The Hall–Kier alpha value is -1.56. The number of hydrogen-bond acceptors (Lipinski definition) is 5. The Labute approximate surface area is 99.2 Å². The molecule has 1 aliphatic carbocycles. The molecule has 4 N–H and O–H groups in total. The topological polar surface area (TPSA) is 90.2 Å². The van der Waals surface area contributed by atoms with Gasteiger partial charge < -0.3 is 16.4 Å². The van der Waals surface area contributed by atoms with Gasteiger partial charge in [-0.2, -0.15) is 4.98 Å². The molecule has 1 aliphatic heterocycles. The summed E-state index contributed by atoms with van der Waals surface area (Å²) in [6.45, 7) is 1.79. The molecular weight excluding hydrogens is 218 g/mol. The van der Waals surface area contributed by atoms with Gasteiger partial charge in [-0.3, -0.25) is 9.36 Å². The van der Waals surface area contributed by atoms with Crippen LogP contribution in [0.1, 0.15) is 6.42 Å². The lowest BCUT2D eigenvalue weighted by Crippen LogP contribution is -2.46. The smallest absolute Gasteiger partial charge is 0.265 e. The lowest BCUT2D eigenvalue weighted by molar-refractivity contribution is 0.194. The van der Waals surface area contributed by atoms with E-state index in [1.165, 1.54) is 4.57 Å². The van der Waals surface area contributed by atoms with Crippen LogP contribution in [0, 0.1) is 17.9 Å². The van der Waals surface area contributed by atoms with Crippen molar-refractivity contribution in [3.8, 4) is 0 Å². The zero-order valence-electron chi connectivity index (χ0n) is 9.76. The van der Waals surface area contributed by atoms with Crippen LogP contribution in [0.2, 0.25) is 0 Å². The summed E-state index contributed by atoms with van der Waals surface area (Å²) in [4.78, 5) is 17.9. The third-order valence-electron chi connectivity index (χ3n) is 3.96. The van der Waals surface area contributed by atoms with Gasteiger partial charge in [0, 0.05) is 26.2 Å². The second-order valence-electron chi connectivity index (χ2n) is 5.01. The maximum Gasteiger partial charge on any atom is 0.265 e. The second-order valence-corrected chi connectivity index (χ2v) is 5.01. The molecular formula is C11H16N5O. The van der Waals surface area contributed by atoms with Crippen LogP contribution in [0.4, 0.5) is 11.8 Å². The van der Waals surface area contributed by atoms with Crippen molar-refractivity contribution >= 4 is 11.8 Å². The molecule has 1 aromatic rings. The van der Waals surface area contributed by atoms with Crippen molar-refractivity contribution in [2.75, 3.05) is 23.7 Å². The van der Waals surface area contributed by atoms with E-state index in [9.17, 15) is 4.79 Å². The summed E-state index contributed by atoms with van der Waals surface area (Å²) < 4.78 is 1.49. The number of fused-ring (bicyclic) bond motifs is 1. The minimum absolute atomic E-state index is 0.159. The minimum Gasteiger partial charge on any atom is -0.383 e. The molecule has 6 heteroatoms. The molecule has 3 atom stereocenters. The largest absolute Gasteiger partial charge is 0.383 e. The summed E-state index contributed by atoms with van der Waals surface area (Å²) >= 11 is 0. The molecule has 91 valence electrons. The number of anilines is 2. The SMILES string of the molecule is Cn1c(N2CC3CC(N)C3C2)nc(N)[c]c1=O. The van der Waals surface area contributed by atoms with Crippen molar-refractivity contribution in [1.82, 2.24) is 9.55 Å². The maximum absolute atomic E-state index is 11.6. The molecule has 0 bridgehead atoms. The average molecular weight is 234 g/mol. The summed E-state index contributed by atoms with van der Waals surface area (Å²) in [5.74, 6) is 1.98. The van der Waals surface area contributed by atoms with Crippen LogP contribution in [0.15, 0.2) is 4.79 Å². The van der Waals surface area contributed by atoms with Gasteiger partial charge >= 0.3 is 0 Å². The van der Waals surface area contributed by atoms with Crippen LogP contribution < -0.4 is 21.9 Å². The molecule has 0 amide bonds. The molecule has 3 rings (SSSR count). The molecule has 6 nitrogen and oxygen atoms in total. The Kier molecular flexibility index (Phi) is 2.16. The van der Waals surface area contributed by atoms with Crippen molar-refractivity contribution in [2.24, 2.45) is 24.6 Å². The van der Waals surface area contributed by atoms with E-state index in [1.54, 1.807) is 7.05 Å². The third kappa shape index (κ3) is 1.51. The van der Waals surface area contributed by atoms with Crippen LogP contribution in [-0.2, 0) is 7.05 Å². The molecule has 2 heterocycles. The number of hydrogen-bond donors (Lipinski definition) is 2. The lowest BCUT2D eigenvalue weighted by atomic mass is 9.72. The first-order valence-electron chi connectivity index (χ1n) is 5.82. The van der Waals surface area contributed by atoms with Gasteiger partial charge in [0.15, 0.2) is 0 Å². The molecule has 0 spiro atoms. The second kappa shape index (κ2) is 3.46. The first-order chi connectivity index (χ1) is 8.06. The van der Waals surface area contributed by atoms with Gasteiger partial charge in [-0.25, -0.2) is 0 Å². The van der Waals surface area contributed by atoms with Gasteiger partial charge in [0.2, 0.25) is 5.95 Å². The van der Waals surface area contributed by atoms with Crippen molar-refractivity contribution in [2.45, 2.75) is 12.5 Å². The van der Waals surface area contributed by atoms with Crippen LogP contribution in [0.5, 0.6) is 0 Å². The predicted octanol–water partition coefficient (Wildman–Crippen LogP) is -1.05. The van der Waals surface area contributed by atoms with Gasteiger partial charge in [-0.15, -0.1) is 0 Å². The fourth-order valence-electron chi connectivity index (χ4n) is 2.90. The van der Waals surface area contributed by atoms with Gasteiger partial charge in [0.1, 0.15) is 5.82 Å². The number of nitrogens with two attached hydrogens (primary N) is 2. The molecule has 3 unspecified atom stereocenters. The average Bonchev–Trinajstić information content (AvgIpc) is 2.61. The highest BCUT2D eigenvalue weighted by Crippen LogP contribution is 2.40. The van der Waals surface area contributed by atoms with E-state index in [-0.39, 0.29) is 11.4 Å². The van der Waals surface area contributed by atoms with Crippen molar-refractivity contribution in [1.29, 1.82) is 0 Å². The van der Waals surface area contributed by atoms with E-state index < -0.39 is 0 Å². The molecule has 17 heavy (non-hydrogen) atoms. The summed E-state index contributed by atoms with van der Waals surface area (Å²) in [5, 5.41) is 0. The van der Waals surface area contributed by atoms with Gasteiger partial charge in [0.05, 0.1) is 6.07 Å². The standard InChI is InChI=1S/C11H16N5O/c1-15-10(17)3-9(13)14-11(15)16-4-6-2-8(12)7(6)5-16/h6-8H,2,4-5,12-13H2,1H3. The Bertz CT molecular complexity index is 511. The van der Waals surface area contributed by atoms with E-state index in [4.69, 9.17) is 11.5 Å². The van der Waals surface area contributed by atoms with Crippen LogP contribution in [0.3, 0.4) is 0 Å². The molecule has 0 aromatic carbocycles. The Morgan fingerprint density at radius 2 is 2.24 bits per heavy atom. The number of aromatic nitrogens is 2. The van der Waals surface area contributed by atoms with Crippen molar-refractivity contribution < 1.29 is 0 Å². The van der Waals surface area contributed by atoms with Gasteiger partial charge in [-0.1, -0.05) is 0 Å². The molecule has 1 saturated heterocycles. The molecule has 2 aliphatic rings. The summed E-state index contributed by atoms with van der Waals surface area (Å²) in [6, 6.07) is 2.77. The normalized spacial score (nSPS) is 31.2. The maximum atomic E-state index is 11.6. The number of nitrogens with zero attached hydrogens (tertiary/aromatic N) is 3. The monoisotopic (exact) mass is 234 g/mol. The van der Waals surface area contributed by atoms with Gasteiger partial charge in [0.25, 0.3) is 5.56 Å². The number of nitrogen functional groups attached to an aromatic ring is 1. The highest BCUT2D eigenvalue weighted by Gasteiger charge is 2.46. The highest BCUT2D eigenvalue weighted by molar-refractivity contribution is 5.40. The first kappa shape index (κ1) is 10.6. The molecule has 1 radical (unpaired) electrons. The third-order valence-corrected chi connectivity index (χ3v) is 3.96. The van der Waals surface area contributed by atoms with E-state index in [0.717, 1.165) is 19.5 Å². The Morgan fingerprint density at radius 3 is 2.88 bits per heavy atom. The minimum atomic E-state index is -0.240. The fourth-order valence-corrected chi connectivity index (χ4v) is 2.90. The number of rotatable bonds is 1. The quantitative estimate of drug-likeness (QED) is 0.647. The zero-order chi connectivity index (χ0) is 12.2. The van der Waals surface area contributed by atoms with E-state index >= 15 is 0 Å². The van der Waals surface area contributed by atoms with Crippen LogP contribution in [-0.4, -0.2) is 28.7 Å². The summed E-state index contributed by atoms with van der Waals surface area (Å²) in [6.07, 6.45) is 1.07. The van der Waals surface area contributed by atoms with Crippen LogP contribution in [0.25, 0.3) is 0 Å². The highest BCUT2D eigenvalue weighted by atomic mass is 16.1. The van der Waals surface area contributed by atoms with E-state index in [1.807, 2.05) is 0 Å². The molecule has 2 fully saturated rings. The molecule has 1 aromatic heterocycles. The van der Waals surface area contributed by atoms with Crippen molar-refractivity contribution in [3.63, 3.8) is 0 Å². The van der Waals surface area contributed by atoms with Crippen LogP contribution >= 0.6 is 0 Å². The van der Waals surface area contributed by atoms with Gasteiger partial charge in [-0.05, 0) is 18.3 Å². The van der Waals surface area contributed by atoms with E-state index in [0.29, 0.717) is 23.8 Å². The van der Waals surface area contributed by atoms with Crippen molar-refractivity contribution in [3.05, 3.63) is 16.4 Å². The lowest BCUT2D eigenvalue weighted by Gasteiger charge is -2.35. The zero-order valence-corrected chi connectivity index (χ0v) is 9.76. The molecule has 1 saturated carbocycles.